The van der Waals surface area contributed by atoms with Gasteiger partial charge >= 0.3 is 35.5 Å². The van der Waals surface area contributed by atoms with Crippen LogP contribution in [0, 0.1) is 4.77 Å². The number of nitrogens with one attached hydrogen (secondary N) is 1. The minimum absolute atomic E-state index is 0. The summed E-state index contributed by atoms with van der Waals surface area (Å²) in [5.74, 6) is -0.322. The third kappa shape index (κ3) is 7.45. The van der Waals surface area contributed by atoms with E-state index in [0.717, 1.165) is 0 Å². The Labute approximate surface area is 127 Å². The van der Waals surface area contributed by atoms with E-state index in [2.05, 4.69) is 9.97 Å². The van der Waals surface area contributed by atoms with Crippen LogP contribution >= 0.6 is 12.2 Å². The molecule has 0 amide bonds. The zero-order valence-corrected chi connectivity index (χ0v) is 13.0. The molecule has 6 nitrogen and oxygen atoms in total. The number of hydrogen-bond acceptors (Lipinski definition) is 6. The molecule has 90 valence electrons. The molecule has 0 radical (unpaired) electrons. The third-order valence-electron chi connectivity index (χ3n) is 1.34. The molecular formula is C9H14N3NaO3S. The first-order valence-corrected chi connectivity index (χ1v) is 5.07. The summed E-state index contributed by atoms with van der Waals surface area (Å²) < 4.78 is 4.98. The van der Waals surface area contributed by atoms with Gasteiger partial charge in [-0.25, -0.2) is 9.78 Å². The van der Waals surface area contributed by atoms with E-state index < -0.39 is 5.97 Å². The van der Waals surface area contributed by atoms with E-state index in [1.807, 2.05) is 0 Å². The zero-order valence-electron chi connectivity index (χ0n) is 10.1. The van der Waals surface area contributed by atoms with Gasteiger partial charge in [0.1, 0.15) is 11.4 Å². The van der Waals surface area contributed by atoms with Crippen LogP contribution in [0.3, 0.4) is 0 Å². The van der Waals surface area contributed by atoms with E-state index in [9.17, 15) is 4.79 Å². The Morgan fingerprint density at radius 2 is 2.18 bits per heavy atom. The molecule has 0 aliphatic heterocycles. The second-order valence-electron chi connectivity index (χ2n) is 2.52. The molecule has 0 bridgehead atoms. The number of esters is 1. The molecule has 17 heavy (non-hydrogen) atoms. The second-order valence-corrected chi connectivity index (χ2v) is 2.91. The van der Waals surface area contributed by atoms with E-state index in [1.54, 1.807) is 13.8 Å². The summed E-state index contributed by atoms with van der Waals surface area (Å²) >= 11 is 4.71. The molecule has 1 aromatic rings. The molecule has 0 aliphatic rings. The van der Waals surface area contributed by atoms with Gasteiger partial charge in [0.25, 0.3) is 0 Å². The van der Waals surface area contributed by atoms with Crippen molar-refractivity contribution in [2.24, 2.45) is 0 Å². The van der Waals surface area contributed by atoms with Gasteiger partial charge in [0, 0.05) is 6.20 Å². The molecule has 0 aliphatic carbocycles. The van der Waals surface area contributed by atoms with E-state index in [-0.39, 0.29) is 52.3 Å². The Hall–Kier alpha value is -0.470. The minimum Gasteiger partial charge on any atom is -0.855 e. The van der Waals surface area contributed by atoms with Crippen LogP contribution in [0.2, 0.25) is 0 Å². The number of carbonyl (C=O) groups is 1. The van der Waals surface area contributed by atoms with Crippen molar-refractivity contribution in [1.29, 1.82) is 0 Å². The van der Waals surface area contributed by atoms with Crippen LogP contribution in [0.4, 0.5) is 5.82 Å². The number of nitrogens with two attached hydrogens (primary N) is 1. The molecule has 3 N–H and O–H groups in total. The second kappa shape index (κ2) is 10.7. The van der Waals surface area contributed by atoms with E-state index in [4.69, 9.17) is 27.8 Å². The molecule has 0 unspecified atom stereocenters. The van der Waals surface area contributed by atoms with Gasteiger partial charge < -0.3 is 20.6 Å². The smallest absolute Gasteiger partial charge is 0.855 e. The maximum atomic E-state index is 11.2. The molecule has 1 rings (SSSR count). The van der Waals surface area contributed by atoms with Gasteiger partial charge in [0.15, 0.2) is 4.77 Å². The van der Waals surface area contributed by atoms with Crippen LogP contribution in [0.5, 0.6) is 0 Å². The topological polar surface area (TPSA) is 104 Å². The van der Waals surface area contributed by atoms with Crippen LogP contribution in [-0.4, -0.2) is 29.2 Å². The van der Waals surface area contributed by atoms with Crippen molar-refractivity contribution in [1.82, 2.24) is 9.97 Å². The van der Waals surface area contributed by atoms with E-state index in [1.165, 1.54) is 6.20 Å². The molecule has 0 aromatic carbocycles. The van der Waals surface area contributed by atoms with Crippen LogP contribution < -0.4 is 40.4 Å². The number of H-pyrrole nitrogens is 1. The fraction of sp³-hybridized carbons (Fsp3) is 0.444. The van der Waals surface area contributed by atoms with Crippen LogP contribution in [-0.2, 0) is 4.74 Å². The van der Waals surface area contributed by atoms with E-state index in [0.29, 0.717) is 6.61 Å². The van der Waals surface area contributed by atoms with Crippen LogP contribution in [0.25, 0.3) is 0 Å². The SMILES string of the molecule is CCOC(=O)c1cnc(=S)[nH]c1N.CC[O-].[Na+]. The monoisotopic (exact) mass is 267 g/mol. The quantitative estimate of drug-likeness (QED) is 0.342. The van der Waals surface area contributed by atoms with Crippen molar-refractivity contribution in [3.63, 3.8) is 0 Å². The van der Waals surface area contributed by atoms with Gasteiger partial charge in [0.2, 0.25) is 0 Å². The first kappa shape index (κ1) is 18.9. The van der Waals surface area contributed by atoms with Crippen molar-refractivity contribution in [3.8, 4) is 0 Å². The number of nitrogens with zero attached hydrogens (tertiary/aromatic N) is 1. The number of anilines is 1. The van der Waals surface area contributed by atoms with Gasteiger partial charge in [-0.15, -0.1) is 6.61 Å². The number of rotatable bonds is 2. The Morgan fingerprint density at radius 3 is 2.59 bits per heavy atom. The first-order valence-electron chi connectivity index (χ1n) is 4.66. The number of aromatic nitrogens is 2. The Bertz CT molecular complexity index is 397. The zero-order chi connectivity index (χ0) is 12.6. The Morgan fingerprint density at radius 1 is 1.65 bits per heavy atom. The maximum Gasteiger partial charge on any atom is 1.00 e. The number of carbonyl (C=O) groups excluding carboxylic acids is 1. The third-order valence-corrected chi connectivity index (χ3v) is 1.55. The van der Waals surface area contributed by atoms with E-state index >= 15 is 0 Å². The summed E-state index contributed by atoms with van der Waals surface area (Å²) in [6.45, 7) is 3.58. The number of ether oxygens (including phenoxy) is 1. The fourth-order valence-electron chi connectivity index (χ4n) is 0.779. The average Bonchev–Trinajstić information content (AvgIpc) is 2.18. The Kier molecular flexibility index (Phi) is 11.9. The van der Waals surface area contributed by atoms with Gasteiger partial charge in [-0.05, 0) is 19.1 Å². The predicted octanol–water partition coefficient (Wildman–Crippen LogP) is -2.73. The minimum atomic E-state index is -0.501. The maximum absolute atomic E-state index is 11.2. The summed E-state index contributed by atoms with van der Waals surface area (Å²) in [7, 11) is 0. The van der Waals surface area contributed by atoms with Crippen molar-refractivity contribution in [3.05, 3.63) is 16.5 Å². The summed E-state index contributed by atoms with van der Waals surface area (Å²) in [4.78, 5) is 17.5. The molecule has 8 heteroatoms. The van der Waals surface area contributed by atoms with Crippen molar-refractivity contribution < 1.29 is 44.2 Å². The Balaban J connectivity index is 0. The van der Waals surface area contributed by atoms with Gasteiger partial charge in [-0.1, -0.05) is 6.92 Å². The number of hydrogen-bond donors (Lipinski definition) is 2. The van der Waals surface area contributed by atoms with Crippen molar-refractivity contribution in [2.75, 3.05) is 18.9 Å². The molecule has 1 heterocycles. The van der Waals surface area contributed by atoms with Gasteiger partial charge in [0.05, 0.1) is 6.61 Å². The molecule has 0 atom stereocenters. The normalized spacial score (nSPS) is 8.41. The molecule has 1 aromatic heterocycles. The average molecular weight is 267 g/mol. The molecular weight excluding hydrogens is 253 g/mol. The standard InChI is InChI=1S/C7H9N3O2S.C2H5O.Na/c1-2-12-6(11)4-3-9-7(13)10-5(4)8;1-2-3;/h3H,2H2,1H3,(H3,8,9,10,13);2H2,1H3;/q;-1;+1. The summed E-state index contributed by atoms with van der Waals surface area (Å²) in [5.41, 5.74) is 5.69. The first-order chi connectivity index (χ1) is 7.56. The summed E-state index contributed by atoms with van der Waals surface area (Å²) in [5, 5.41) is 8.93. The number of nitrogen functional groups attached to an aromatic ring is 1. The molecule has 0 saturated carbocycles. The predicted molar refractivity (Wildman–Crippen MR) is 60.3 cm³/mol. The van der Waals surface area contributed by atoms with Crippen molar-refractivity contribution in [2.45, 2.75) is 13.8 Å². The number of aromatic amines is 1. The largest absolute Gasteiger partial charge is 1.00 e. The molecule has 0 spiro atoms. The summed E-state index contributed by atoms with van der Waals surface area (Å²) in [6.07, 6.45) is 1.30. The van der Waals surface area contributed by atoms with Crippen molar-refractivity contribution >= 4 is 24.0 Å². The van der Waals surface area contributed by atoms with Gasteiger partial charge in [-0.3, -0.25) is 0 Å². The van der Waals surface area contributed by atoms with Crippen LogP contribution in [0.1, 0.15) is 24.2 Å². The van der Waals surface area contributed by atoms with Gasteiger partial charge in [-0.2, -0.15) is 0 Å². The summed E-state index contributed by atoms with van der Waals surface area (Å²) in [6, 6.07) is 0. The fourth-order valence-corrected chi connectivity index (χ4v) is 0.942. The van der Waals surface area contributed by atoms with Crippen LogP contribution in [0.15, 0.2) is 6.20 Å². The molecule has 0 saturated heterocycles. The molecule has 0 fully saturated rings.